The topological polar surface area (TPSA) is 1180 Å². The zero-order valence-electron chi connectivity index (χ0n) is 85.3. The number of hydrogen-bond acceptors (Lipinski definition) is 27. The second-order valence-corrected chi connectivity index (χ2v) is 35.1. The zero-order chi connectivity index (χ0) is 113. The van der Waals surface area contributed by atoms with Gasteiger partial charge in [-0.3, -0.25) is 127 Å². The maximum atomic E-state index is 15.3. The Labute approximate surface area is 864 Å². The molecule has 0 aliphatic carbocycles. The van der Waals surface area contributed by atoms with E-state index in [1.807, 2.05) is 6.92 Å². The van der Waals surface area contributed by atoms with E-state index in [0.29, 0.717) is 6.42 Å². The first kappa shape index (κ1) is 133. The van der Waals surface area contributed by atoms with E-state index in [1.54, 1.807) is 20.8 Å². The summed E-state index contributed by atoms with van der Waals surface area (Å²) in [6.07, 6.45) is -2.27. The minimum Gasteiger partial charge on any atom is -0.480 e. The van der Waals surface area contributed by atoms with Gasteiger partial charge in [0.2, 0.25) is 76.8 Å². The number of carbonyl (C=O) groups is 14. The number of nitrogens with one attached hydrogen (secondary N) is 37. The van der Waals surface area contributed by atoms with Gasteiger partial charge in [0.05, 0.1) is 6.04 Å². The van der Waals surface area contributed by atoms with E-state index in [9.17, 15) is 38.7 Å². The number of carboxylic acid groups (broad SMARTS) is 1. The highest BCUT2D eigenvalue weighted by atomic mass is 16.4. The fourth-order valence-electron chi connectivity index (χ4n) is 14.3. The third-order valence-corrected chi connectivity index (χ3v) is 22.8. The van der Waals surface area contributed by atoms with Gasteiger partial charge in [0.15, 0.2) is 71.5 Å². The molecule has 0 saturated heterocycles. The first-order chi connectivity index (χ1) is 70.2. The van der Waals surface area contributed by atoms with Crippen molar-refractivity contribution in [1.29, 1.82) is 64.9 Å². The van der Waals surface area contributed by atoms with E-state index >= 15 is 33.6 Å². The fraction of sp³-hybridized carbons (Fsp3) is 0.690. The summed E-state index contributed by atoms with van der Waals surface area (Å²) in [5.74, 6) is -21.0. The van der Waals surface area contributed by atoms with E-state index in [4.69, 9.17) is 139 Å². The van der Waals surface area contributed by atoms with Crippen LogP contribution in [0.3, 0.4) is 0 Å². The third-order valence-electron chi connectivity index (χ3n) is 22.8. The third kappa shape index (κ3) is 62.9. The molecule has 0 aromatic heterocycles. The normalized spacial score (nSPS) is 14.0. The van der Waals surface area contributed by atoms with Gasteiger partial charge in [-0.15, -0.1) is 0 Å². The van der Waals surface area contributed by atoms with Crippen molar-refractivity contribution in [3.8, 4) is 0 Å². The van der Waals surface area contributed by atoms with Crippen molar-refractivity contribution >= 4 is 154 Å². The van der Waals surface area contributed by atoms with Gasteiger partial charge in [-0.25, -0.2) is 4.79 Å². The van der Waals surface area contributed by atoms with E-state index in [1.165, 1.54) is 0 Å². The second kappa shape index (κ2) is 75.5. The van der Waals surface area contributed by atoms with Crippen LogP contribution < -0.4 is 207 Å². The minimum atomic E-state index is -1.68. The maximum Gasteiger partial charge on any atom is 0.326 e. The lowest BCUT2D eigenvalue weighted by Crippen LogP contribution is -2.61. The second-order valence-electron chi connectivity index (χ2n) is 35.1. The standard InChI is InChI=1S/C84H168N50O15/c1-5-43(3)57(85)70(146)131-53(27-15-39-118-81(102)103)66(142)127-49(23-11-35-114-77(94)95)62(138)123-45(19-7-31-110-73(86)87)59(135)122-47(21-9-33-112-75(90)91)61(137)126-51(25-13-37-116-79(98)99)65(141)130-55(29-17-41-120-83(106)107)69(145)134-58(44(4)6-2)71(147)132-54(28-16-40-119-82(104)105)67(143)128-50(24-12-36-115-78(96)97)63(139)124-46(20-8-32-111-74(88)89)60(136)125-48(22-10-34-113-76(92)93)64(140)129-52(26-14-38-117-80(100)101)68(144)133-56(72(148)149)30-18-42-121-84(108)109/h43-58H,5-42,85H2,1-4H3,(H,122,135)(H,123,138)(H,124,139)(H,125,136)(H,126,137)(H,127,142)(H,128,143)(H,129,140)(H,130,141)(H,131,146)(H,132,147)(H,133,144)(H,134,145)(H,148,149)(H4,86,87,110)(H4,88,89,111)(H4,90,91,112)(H4,92,93,113)(H4,94,95,114)(H4,96,97,115)(H4,98,99,116)(H4,100,101,117)(H4,102,103,118)(H4,104,105,119)(H4,106,107,120)(H4,108,109,121)/t43-,44-,45-,46-,47-,48-,49-,50-,51-,52-,53-,54-,55-,56-,57-,58-/m0/s1. The Hall–Kier alpha value is -16.2. The number of carbonyl (C=O) groups excluding carboxylic acids is 13. The molecular weight excluding hydrogens is 1950 g/mol. The molecule has 0 aromatic carbocycles. The Bertz CT molecular complexity index is 4380. The molecule has 0 aliphatic heterocycles. The smallest absolute Gasteiger partial charge is 0.326 e. The predicted octanol–water partition coefficient (Wildman–Crippen LogP) is -14.0. The Morgan fingerprint density at radius 2 is 0.315 bits per heavy atom. The van der Waals surface area contributed by atoms with Crippen molar-refractivity contribution in [2.24, 2.45) is 86.4 Å². The Morgan fingerprint density at radius 3 is 0.450 bits per heavy atom. The number of rotatable bonds is 79. The van der Waals surface area contributed by atoms with Crippen LogP contribution in [0.1, 0.15) is 195 Å². The molecule has 64 N–H and O–H groups in total. The highest BCUT2D eigenvalue weighted by Crippen LogP contribution is 2.17. The summed E-state index contributed by atoms with van der Waals surface area (Å²) < 4.78 is 0. The molecule has 0 radical (unpaired) electrons. The Kier molecular flexibility index (Phi) is 67.3. The summed E-state index contributed by atoms with van der Waals surface area (Å²) in [6.45, 7) is 6.30. The number of amides is 13. The summed E-state index contributed by atoms with van der Waals surface area (Å²) in [7, 11) is 0. The molecule has 0 rings (SSSR count). The summed E-state index contributed by atoms with van der Waals surface area (Å²) >= 11 is 0. The van der Waals surface area contributed by atoms with Crippen LogP contribution in [0.2, 0.25) is 0 Å². The monoisotopic (exact) mass is 2120 g/mol. The summed E-state index contributed by atoms with van der Waals surface area (Å²) in [5, 5.41) is 168. The molecule has 16 atom stereocenters. The number of hydrogen-bond donors (Lipinski definition) is 51. The molecule has 0 fully saturated rings. The van der Waals surface area contributed by atoms with Crippen molar-refractivity contribution in [2.45, 2.75) is 279 Å². The first-order valence-electron chi connectivity index (χ1n) is 49.1. The quantitative estimate of drug-likeness (QED) is 0.0153. The van der Waals surface area contributed by atoms with Crippen molar-refractivity contribution in [3.05, 3.63) is 0 Å². The van der Waals surface area contributed by atoms with Crippen LogP contribution in [0.5, 0.6) is 0 Å². The molecule has 0 saturated carbocycles. The van der Waals surface area contributed by atoms with Crippen LogP contribution in [0.15, 0.2) is 0 Å². The SMILES string of the molecule is CC[C@H](C)[C@H](N)C(=O)N[C@@H](CCCNC(=N)N)C(=O)N[C@@H](CCCNC(=N)N)C(=O)N[C@@H](CCCNC(=N)N)C(=O)N[C@@H](CCCNC(=N)N)C(=O)N[C@@H](CCCNC(=N)N)C(=O)N[C@@H](CCCNC(=N)N)C(=O)N[C@H](C(=O)N[C@@H](CCCNC(=N)N)C(=O)N[C@@H](CCCNC(=N)N)C(=O)N[C@@H](CCCNC(=N)N)C(=O)N[C@@H](CCCNC(=N)N)C(=O)N[C@@H](CCCNC(=N)N)C(=O)N[C@@H](CCCNC(=N)N)C(=O)O)[C@@H](C)CC. The molecule has 0 spiro atoms. The molecule has 0 aromatic rings. The lowest BCUT2D eigenvalue weighted by molar-refractivity contribution is -0.142. The van der Waals surface area contributed by atoms with Crippen LogP contribution in [-0.4, -0.2) is 323 Å². The van der Waals surface area contributed by atoms with Gasteiger partial charge in [0.1, 0.15) is 78.5 Å². The molecule has 13 amide bonds. The van der Waals surface area contributed by atoms with Crippen LogP contribution in [0.4, 0.5) is 0 Å². The first-order valence-corrected chi connectivity index (χ1v) is 49.1. The summed E-state index contributed by atoms with van der Waals surface area (Å²) in [4.78, 5) is 205. The maximum absolute atomic E-state index is 15.3. The van der Waals surface area contributed by atoms with Crippen molar-refractivity contribution < 1.29 is 72.2 Å². The average molecular weight is 2120 g/mol. The van der Waals surface area contributed by atoms with Crippen LogP contribution >= 0.6 is 0 Å². The average Bonchev–Trinajstić information content (AvgIpc) is 0.845. The molecule has 0 unspecified atom stereocenters. The van der Waals surface area contributed by atoms with E-state index < -0.39 is 239 Å². The van der Waals surface area contributed by atoms with Gasteiger partial charge in [-0.05, 0) is 166 Å². The summed E-state index contributed by atoms with van der Waals surface area (Å²) in [6, 6.07) is -21.8. The molecule has 0 heterocycles. The molecule has 65 nitrogen and oxygen atoms in total. The largest absolute Gasteiger partial charge is 0.480 e. The van der Waals surface area contributed by atoms with Gasteiger partial charge < -0.3 is 213 Å². The van der Waals surface area contributed by atoms with Crippen LogP contribution in [-0.2, 0) is 67.1 Å². The molecule has 65 heteroatoms. The summed E-state index contributed by atoms with van der Waals surface area (Å²) in [5.41, 5.74) is 73.1. The van der Waals surface area contributed by atoms with Crippen molar-refractivity contribution in [2.75, 3.05) is 78.5 Å². The fourth-order valence-corrected chi connectivity index (χ4v) is 14.3. The lowest BCUT2D eigenvalue weighted by atomic mass is 9.96. The highest BCUT2D eigenvalue weighted by molar-refractivity contribution is 6.01. The van der Waals surface area contributed by atoms with E-state index in [-0.39, 0.29) is 251 Å². The molecule has 844 valence electrons. The van der Waals surface area contributed by atoms with Gasteiger partial charge in [-0.2, -0.15) is 0 Å². The van der Waals surface area contributed by atoms with E-state index in [0.717, 1.165) is 0 Å². The zero-order valence-corrected chi connectivity index (χ0v) is 85.3. The number of aliphatic carboxylic acids is 1. The Morgan fingerprint density at radius 1 is 0.195 bits per heavy atom. The van der Waals surface area contributed by atoms with Crippen LogP contribution in [0.25, 0.3) is 0 Å². The number of carboxylic acids is 1. The van der Waals surface area contributed by atoms with Gasteiger partial charge >= 0.3 is 5.97 Å². The predicted molar refractivity (Wildman–Crippen MR) is 559 cm³/mol. The highest BCUT2D eigenvalue weighted by Gasteiger charge is 2.40. The molecule has 0 aliphatic rings. The lowest BCUT2D eigenvalue weighted by Gasteiger charge is -2.30. The van der Waals surface area contributed by atoms with E-state index in [2.05, 4.69) is 133 Å². The molecule has 149 heavy (non-hydrogen) atoms. The van der Waals surface area contributed by atoms with Gasteiger partial charge in [0, 0.05) is 78.5 Å². The van der Waals surface area contributed by atoms with Gasteiger partial charge in [0.25, 0.3) is 0 Å². The molecule has 0 bridgehead atoms. The Balaban J connectivity index is 8.46. The van der Waals surface area contributed by atoms with Crippen molar-refractivity contribution in [1.82, 2.24) is 133 Å². The molecular formula is C84H168N50O15. The minimum absolute atomic E-state index is 0.00262. The number of nitrogens with two attached hydrogens (primary N) is 13. The number of guanidine groups is 12. The van der Waals surface area contributed by atoms with Crippen molar-refractivity contribution in [3.63, 3.8) is 0 Å². The van der Waals surface area contributed by atoms with Crippen LogP contribution in [0, 0.1) is 76.7 Å². The van der Waals surface area contributed by atoms with Gasteiger partial charge in [-0.1, -0.05) is 40.5 Å².